The van der Waals surface area contributed by atoms with Crippen molar-refractivity contribution >= 4 is 22.7 Å². The lowest BCUT2D eigenvalue weighted by Gasteiger charge is -2.30. The molecule has 0 aliphatic rings. The Morgan fingerprint density at radius 2 is 1.58 bits per heavy atom. The predicted molar refractivity (Wildman–Crippen MR) is 167 cm³/mol. The zero-order valence-electron chi connectivity index (χ0n) is 24.9. The fourth-order valence-corrected chi connectivity index (χ4v) is 6.04. The zero-order valence-corrected chi connectivity index (χ0v) is 24.9. The minimum absolute atomic E-state index is 0.120. The lowest BCUT2D eigenvalue weighted by atomic mass is 9.76. The Morgan fingerprint density at radius 3 is 2.21 bits per heavy atom. The summed E-state index contributed by atoms with van der Waals surface area (Å²) in [5.74, 6) is -0.120. The summed E-state index contributed by atoms with van der Waals surface area (Å²) in [5, 5.41) is 5.93. The highest BCUT2D eigenvalue weighted by molar-refractivity contribution is 6.02. The Balaban J connectivity index is 1.96. The Bertz CT molecular complexity index is 1230. The monoisotopic (exact) mass is 516 g/mol. The Kier molecular flexibility index (Phi) is 10.9. The lowest BCUT2D eigenvalue weighted by Crippen LogP contribution is -2.18. The van der Waals surface area contributed by atoms with Gasteiger partial charge in [0.2, 0.25) is 0 Å². The van der Waals surface area contributed by atoms with E-state index >= 15 is 0 Å². The van der Waals surface area contributed by atoms with Gasteiger partial charge in [0, 0.05) is 31.1 Å². The number of unbranched alkanes of at least 4 members (excludes halogenated alkanes) is 2. The van der Waals surface area contributed by atoms with Crippen LogP contribution in [0, 0.1) is 25.1 Å². The van der Waals surface area contributed by atoms with Gasteiger partial charge in [0.05, 0.1) is 0 Å². The number of anilines is 1. The highest BCUT2D eigenvalue weighted by atomic mass is 19.1. The molecule has 3 aromatic carbocycles. The van der Waals surface area contributed by atoms with E-state index in [2.05, 4.69) is 69.2 Å². The van der Waals surface area contributed by atoms with Crippen LogP contribution in [0.25, 0.3) is 21.9 Å². The van der Waals surface area contributed by atoms with E-state index in [-0.39, 0.29) is 5.82 Å². The highest BCUT2D eigenvalue weighted by Crippen LogP contribution is 2.39. The smallest absolute Gasteiger partial charge is 0.127 e. The fraction of sp³-hybridized carbons (Fsp3) is 0.514. The number of aliphatic imine (C=N–C) groups is 1. The average Bonchev–Trinajstić information content (AvgIpc) is 2.90. The normalized spacial score (nSPS) is 12.1. The Morgan fingerprint density at radius 1 is 0.895 bits per heavy atom. The van der Waals surface area contributed by atoms with Crippen LogP contribution in [0.4, 0.5) is 10.1 Å². The number of fused-ring (bicyclic) bond motifs is 1. The molecule has 3 rings (SSSR count). The molecule has 206 valence electrons. The van der Waals surface area contributed by atoms with Crippen molar-refractivity contribution < 1.29 is 4.39 Å². The molecule has 3 heteroatoms. The SMILES string of the molecule is CCCCC(C)(CCCC)CCCNc1c(C=NC)ccc(-c2cc(C)cc3ccc(F)c(CC)c23)c1C. The van der Waals surface area contributed by atoms with Gasteiger partial charge >= 0.3 is 0 Å². The molecule has 0 fully saturated rings. The maximum Gasteiger partial charge on any atom is 0.127 e. The molecule has 0 saturated heterocycles. The maximum absolute atomic E-state index is 14.9. The molecule has 0 saturated carbocycles. The van der Waals surface area contributed by atoms with E-state index in [1.165, 1.54) is 56.1 Å². The summed E-state index contributed by atoms with van der Waals surface area (Å²) in [6.07, 6.45) is 12.8. The van der Waals surface area contributed by atoms with Gasteiger partial charge in [0.1, 0.15) is 5.82 Å². The van der Waals surface area contributed by atoms with Crippen LogP contribution in [0.2, 0.25) is 0 Å². The third-order valence-corrected chi connectivity index (χ3v) is 8.25. The first-order chi connectivity index (χ1) is 18.3. The molecule has 0 amide bonds. The maximum atomic E-state index is 14.9. The van der Waals surface area contributed by atoms with Crippen molar-refractivity contribution in [1.29, 1.82) is 0 Å². The van der Waals surface area contributed by atoms with E-state index in [4.69, 9.17) is 0 Å². The van der Waals surface area contributed by atoms with Gasteiger partial charge in [0.15, 0.2) is 0 Å². The quantitative estimate of drug-likeness (QED) is 0.167. The summed E-state index contributed by atoms with van der Waals surface area (Å²) in [6, 6.07) is 12.2. The number of hydrogen-bond donors (Lipinski definition) is 1. The number of rotatable bonds is 14. The summed E-state index contributed by atoms with van der Waals surface area (Å²) in [4.78, 5) is 4.33. The lowest BCUT2D eigenvalue weighted by molar-refractivity contribution is 0.231. The molecule has 0 radical (unpaired) electrons. The van der Waals surface area contributed by atoms with Gasteiger partial charge in [0.25, 0.3) is 0 Å². The van der Waals surface area contributed by atoms with E-state index in [0.717, 1.165) is 51.7 Å². The van der Waals surface area contributed by atoms with Crippen molar-refractivity contribution in [2.24, 2.45) is 10.4 Å². The van der Waals surface area contributed by atoms with Crippen LogP contribution in [0.1, 0.15) is 101 Å². The number of nitrogens with one attached hydrogen (secondary N) is 1. The molecule has 0 atom stereocenters. The van der Waals surface area contributed by atoms with Gasteiger partial charge in [-0.15, -0.1) is 0 Å². The van der Waals surface area contributed by atoms with Gasteiger partial charge < -0.3 is 5.32 Å². The summed E-state index contributed by atoms with van der Waals surface area (Å²) in [5.41, 5.74) is 8.12. The molecular weight excluding hydrogens is 467 g/mol. The molecule has 3 aromatic rings. The standard InChI is InChI=1S/C35H49FN2/c1-8-11-18-35(6,19-12-9-2)20-13-21-38-34-26(5)30(16-14-28(34)24-37-7)31-23-25(4)22-27-15-17-32(36)29(10-3)33(27)31/h14-17,22-24,38H,8-13,18-21H2,1-7H3. The van der Waals surface area contributed by atoms with Crippen LogP contribution in [-0.2, 0) is 6.42 Å². The van der Waals surface area contributed by atoms with Gasteiger partial charge in [-0.2, -0.15) is 0 Å². The first-order valence-electron chi connectivity index (χ1n) is 14.8. The first kappa shape index (κ1) is 29.9. The predicted octanol–water partition coefficient (Wildman–Crippen LogP) is 10.5. The van der Waals surface area contributed by atoms with Crippen molar-refractivity contribution in [1.82, 2.24) is 0 Å². The van der Waals surface area contributed by atoms with Crippen LogP contribution in [0.3, 0.4) is 0 Å². The molecule has 0 unspecified atom stereocenters. The molecule has 2 nitrogen and oxygen atoms in total. The van der Waals surface area contributed by atoms with Crippen LogP contribution < -0.4 is 5.32 Å². The van der Waals surface area contributed by atoms with E-state index in [1.807, 2.05) is 26.3 Å². The highest BCUT2D eigenvalue weighted by Gasteiger charge is 2.23. The molecule has 0 heterocycles. The van der Waals surface area contributed by atoms with Crippen LogP contribution in [0.5, 0.6) is 0 Å². The van der Waals surface area contributed by atoms with E-state index < -0.39 is 0 Å². The first-order valence-corrected chi connectivity index (χ1v) is 14.8. The molecule has 0 aromatic heterocycles. The van der Waals surface area contributed by atoms with E-state index in [9.17, 15) is 4.39 Å². The summed E-state index contributed by atoms with van der Waals surface area (Å²) in [7, 11) is 1.82. The molecule has 0 aliphatic carbocycles. The summed E-state index contributed by atoms with van der Waals surface area (Å²) >= 11 is 0. The molecule has 0 aliphatic heterocycles. The summed E-state index contributed by atoms with van der Waals surface area (Å²) in [6.45, 7) is 14.4. The van der Waals surface area contributed by atoms with E-state index in [1.54, 1.807) is 6.07 Å². The topological polar surface area (TPSA) is 24.4 Å². The third-order valence-electron chi connectivity index (χ3n) is 8.25. The number of hydrogen-bond acceptors (Lipinski definition) is 2. The molecule has 0 bridgehead atoms. The minimum atomic E-state index is -0.120. The largest absolute Gasteiger partial charge is 0.384 e. The van der Waals surface area contributed by atoms with Crippen molar-refractivity contribution in [3.05, 3.63) is 64.5 Å². The van der Waals surface area contributed by atoms with Gasteiger partial charge in [-0.25, -0.2) is 4.39 Å². The number of benzene rings is 3. The summed E-state index contributed by atoms with van der Waals surface area (Å²) < 4.78 is 14.9. The van der Waals surface area contributed by atoms with Crippen molar-refractivity contribution in [2.45, 2.75) is 99.3 Å². The van der Waals surface area contributed by atoms with E-state index in [0.29, 0.717) is 11.8 Å². The second-order valence-electron chi connectivity index (χ2n) is 11.4. The van der Waals surface area contributed by atoms with Crippen molar-refractivity contribution in [3.63, 3.8) is 0 Å². The zero-order chi connectivity index (χ0) is 27.7. The second-order valence-corrected chi connectivity index (χ2v) is 11.4. The van der Waals surface area contributed by atoms with Crippen LogP contribution >= 0.6 is 0 Å². The minimum Gasteiger partial charge on any atom is -0.384 e. The van der Waals surface area contributed by atoms with Crippen LogP contribution in [0.15, 0.2) is 41.4 Å². The number of nitrogens with zero attached hydrogens (tertiary/aromatic N) is 1. The number of aryl methyl sites for hydroxylation is 2. The van der Waals surface area contributed by atoms with Gasteiger partial charge in [-0.3, -0.25) is 4.99 Å². The molecular formula is C35H49FN2. The van der Waals surface area contributed by atoms with Crippen LogP contribution in [-0.4, -0.2) is 19.8 Å². The Labute approximate surface area is 231 Å². The van der Waals surface area contributed by atoms with Gasteiger partial charge in [-0.1, -0.05) is 83.7 Å². The molecule has 0 spiro atoms. The van der Waals surface area contributed by atoms with Gasteiger partial charge in [-0.05, 0) is 96.0 Å². The molecule has 1 N–H and O–H groups in total. The van der Waals surface area contributed by atoms with Crippen molar-refractivity contribution in [3.8, 4) is 11.1 Å². The Hall–Kier alpha value is -2.68. The third kappa shape index (κ3) is 7.04. The average molecular weight is 517 g/mol. The fourth-order valence-electron chi connectivity index (χ4n) is 6.04. The number of halogens is 1. The second kappa shape index (κ2) is 13.9. The van der Waals surface area contributed by atoms with Crippen molar-refractivity contribution in [2.75, 3.05) is 18.9 Å². The molecule has 38 heavy (non-hydrogen) atoms.